The molecule has 0 N–H and O–H groups in total. The summed E-state index contributed by atoms with van der Waals surface area (Å²) >= 11 is 0. The van der Waals surface area contributed by atoms with Crippen LogP contribution in [0.2, 0.25) is 0 Å². The van der Waals surface area contributed by atoms with E-state index in [1.807, 2.05) is 6.92 Å². The Hall–Kier alpha value is -1.77. The van der Waals surface area contributed by atoms with Gasteiger partial charge in [-0.2, -0.15) is 0 Å². The minimum absolute atomic E-state index is 0.435. The van der Waals surface area contributed by atoms with E-state index in [1.54, 1.807) is 18.2 Å². The van der Waals surface area contributed by atoms with Crippen molar-refractivity contribution in [3.8, 4) is 11.5 Å². The van der Waals surface area contributed by atoms with Crippen molar-refractivity contribution in [2.75, 3.05) is 13.7 Å². The van der Waals surface area contributed by atoms with E-state index >= 15 is 0 Å². The van der Waals surface area contributed by atoms with Crippen molar-refractivity contribution in [1.82, 2.24) is 0 Å². The van der Waals surface area contributed by atoms with Crippen LogP contribution in [0, 0.1) is 6.92 Å². The van der Waals surface area contributed by atoms with Crippen LogP contribution in [-0.4, -0.2) is 20.0 Å². The number of aryl methyl sites for hydroxylation is 1. The molecule has 0 aliphatic rings. The topological polar surface area (TPSA) is 35.5 Å². The highest BCUT2D eigenvalue weighted by atomic mass is 16.5. The highest BCUT2D eigenvalue weighted by Crippen LogP contribution is 2.27. The largest absolute Gasteiger partial charge is 0.496 e. The molecule has 1 aromatic rings. The van der Waals surface area contributed by atoms with Crippen molar-refractivity contribution in [3.05, 3.63) is 35.9 Å². The molecular formula is C12H14O3. The number of hydrogen-bond acceptors (Lipinski definition) is 3. The Morgan fingerprint density at radius 3 is 2.67 bits per heavy atom. The number of carbonyl (C=O) groups excluding carboxylic acids is 1. The Labute approximate surface area is 89.3 Å². The van der Waals surface area contributed by atoms with E-state index in [4.69, 9.17) is 9.47 Å². The molecule has 0 unspecified atom stereocenters. The second-order valence-electron chi connectivity index (χ2n) is 3.08. The maximum atomic E-state index is 10.7. The van der Waals surface area contributed by atoms with Gasteiger partial charge in [-0.1, -0.05) is 12.7 Å². The Kier molecular flexibility index (Phi) is 3.92. The van der Waals surface area contributed by atoms with Gasteiger partial charge in [0, 0.05) is 6.07 Å². The maximum absolute atomic E-state index is 10.7. The second kappa shape index (κ2) is 5.20. The quantitative estimate of drug-likeness (QED) is 0.548. The number of aldehydes is 1. The SMILES string of the molecule is C=CCOc1cc(OC)c(C=O)cc1C. The summed E-state index contributed by atoms with van der Waals surface area (Å²) < 4.78 is 10.5. The predicted octanol–water partition coefficient (Wildman–Crippen LogP) is 2.38. The molecule has 0 aliphatic heterocycles. The molecule has 3 heteroatoms. The first-order valence-corrected chi connectivity index (χ1v) is 4.60. The first-order chi connectivity index (χ1) is 7.22. The van der Waals surface area contributed by atoms with Gasteiger partial charge in [0.2, 0.25) is 0 Å². The second-order valence-corrected chi connectivity index (χ2v) is 3.08. The van der Waals surface area contributed by atoms with E-state index in [9.17, 15) is 4.79 Å². The third kappa shape index (κ3) is 2.59. The number of rotatable bonds is 5. The third-order valence-corrected chi connectivity index (χ3v) is 2.01. The average molecular weight is 206 g/mol. The smallest absolute Gasteiger partial charge is 0.153 e. The zero-order valence-corrected chi connectivity index (χ0v) is 8.95. The summed E-state index contributed by atoms with van der Waals surface area (Å²) in [5.41, 5.74) is 1.43. The lowest BCUT2D eigenvalue weighted by molar-refractivity contribution is 0.112. The number of methoxy groups -OCH3 is 1. The van der Waals surface area contributed by atoms with Crippen LogP contribution in [0.15, 0.2) is 24.8 Å². The van der Waals surface area contributed by atoms with Crippen LogP contribution in [0.25, 0.3) is 0 Å². The summed E-state index contributed by atoms with van der Waals surface area (Å²) in [4.78, 5) is 10.7. The molecule has 0 spiro atoms. The molecule has 0 amide bonds. The van der Waals surface area contributed by atoms with E-state index in [2.05, 4.69) is 6.58 Å². The van der Waals surface area contributed by atoms with E-state index in [0.717, 1.165) is 11.8 Å². The standard InChI is InChI=1S/C12H14O3/c1-4-5-15-11-7-12(14-3)10(8-13)6-9(11)2/h4,6-8H,1,5H2,2-3H3. The molecule has 0 atom stereocenters. The normalized spacial score (nSPS) is 9.47. The monoisotopic (exact) mass is 206 g/mol. The summed E-state index contributed by atoms with van der Waals surface area (Å²) in [6, 6.07) is 3.45. The van der Waals surface area contributed by atoms with Crippen molar-refractivity contribution < 1.29 is 14.3 Å². The molecule has 0 bridgehead atoms. The minimum atomic E-state index is 0.435. The fraction of sp³-hybridized carbons (Fsp3) is 0.250. The number of ether oxygens (including phenoxy) is 2. The van der Waals surface area contributed by atoms with Gasteiger partial charge in [-0.05, 0) is 18.6 Å². The highest BCUT2D eigenvalue weighted by molar-refractivity contribution is 5.80. The Bertz CT molecular complexity index is 369. The molecule has 0 saturated carbocycles. The highest BCUT2D eigenvalue weighted by Gasteiger charge is 2.07. The molecule has 0 radical (unpaired) electrons. The first kappa shape index (κ1) is 11.3. The lowest BCUT2D eigenvalue weighted by Crippen LogP contribution is -1.98. The summed E-state index contributed by atoms with van der Waals surface area (Å²) in [5.74, 6) is 1.23. The van der Waals surface area contributed by atoms with Gasteiger partial charge in [0.25, 0.3) is 0 Å². The van der Waals surface area contributed by atoms with Gasteiger partial charge in [0.15, 0.2) is 6.29 Å². The molecule has 0 fully saturated rings. The molecule has 3 nitrogen and oxygen atoms in total. The third-order valence-electron chi connectivity index (χ3n) is 2.01. The van der Waals surface area contributed by atoms with Crippen molar-refractivity contribution in [2.45, 2.75) is 6.92 Å². The summed E-state index contributed by atoms with van der Waals surface area (Å²) in [5, 5.41) is 0. The van der Waals surface area contributed by atoms with E-state index in [-0.39, 0.29) is 0 Å². The molecule has 15 heavy (non-hydrogen) atoms. The van der Waals surface area contributed by atoms with E-state index < -0.39 is 0 Å². The molecule has 0 aromatic heterocycles. The molecule has 1 aromatic carbocycles. The molecule has 0 aliphatic carbocycles. The summed E-state index contributed by atoms with van der Waals surface area (Å²) in [6.07, 6.45) is 2.43. The number of benzene rings is 1. The van der Waals surface area contributed by atoms with Gasteiger partial charge in [-0.15, -0.1) is 0 Å². The first-order valence-electron chi connectivity index (χ1n) is 4.60. The minimum Gasteiger partial charge on any atom is -0.496 e. The van der Waals surface area contributed by atoms with Crippen LogP contribution < -0.4 is 9.47 Å². The number of carbonyl (C=O) groups is 1. The Morgan fingerprint density at radius 2 is 2.13 bits per heavy atom. The van der Waals surface area contributed by atoms with Gasteiger partial charge < -0.3 is 9.47 Å². The molecule has 0 heterocycles. The van der Waals surface area contributed by atoms with E-state index in [0.29, 0.717) is 23.7 Å². The van der Waals surface area contributed by atoms with Crippen LogP contribution >= 0.6 is 0 Å². The summed E-state index contributed by atoms with van der Waals surface area (Å²) in [6.45, 7) is 5.88. The number of hydrogen-bond donors (Lipinski definition) is 0. The lowest BCUT2D eigenvalue weighted by Gasteiger charge is -2.10. The Morgan fingerprint density at radius 1 is 1.40 bits per heavy atom. The van der Waals surface area contributed by atoms with Crippen LogP contribution in [-0.2, 0) is 0 Å². The molecular weight excluding hydrogens is 192 g/mol. The maximum Gasteiger partial charge on any atom is 0.153 e. The van der Waals surface area contributed by atoms with Gasteiger partial charge >= 0.3 is 0 Å². The van der Waals surface area contributed by atoms with E-state index in [1.165, 1.54) is 7.11 Å². The fourth-order valence-corrected chi connectivity index (χ4v) is 1.26. The molecule has 1 rings (SSSR count). The molecule has 0 saturated heterocycles. The Balaban J connectivity index is 3.07. The summed E-state index contributed by atoms with van der Waals surface area (Å²) in [7, 11) is 1.52. The van der Waals surface area contributed by atoms with Crippen LogP contribution in [0.3, 0.4) is 0 Å². The zero-order valence-electron chi connectivity index (χ0n) is 8.95. The zero-order chi connectivity index (χ0) is 11.3. The van der Waals surface area contributed by atoms with Crippen LogP contribution in [0.5, 0.6) is 11.5 Å². The van der Waals surface area contributed by atoms with Crippen molar-refractivity contribution >= 4 is 6.29 Å². The average Bonchev–Trinajstić information content (AvgIpc) is 2.27. The van der Waals surface area contributed by atoms with Crippen molar-refractivity contribution in [2.24, 2.45) is 0 Å². The van der Waals surface area contributed by atoms with Gasteiger partial charge in [0.05, 0.1) is 12.7 Å². The van der Waals surface area contributed by atoms with Crippen molar-refractivity contribution in [3.63, 3.8) is 0 Å². The predicted molar refractivity (Wildman–Crippen MR) is 58.8 cm³/mol. The molecule has 80 valence electrons. The van der Waals surface area contributed by atoms with Gasteiger partial charge in [-0.25, -0.2) is 0 Å². The van der Waals surface area contributed by atoms with Crippen LogP contribution in [0.4, 0.5) is 0 Å². The van der Waals surface area contributed by atoms with Gasteiger partial charge in [0.1, 0.15) is 18.1 Å². The van der Waals surface area contributed by atoms with Crippen molar-refractivity contribution in [1.29, 1.82) is 0 Å². The van der Waals surface area contributed by atoms with Crippen LogP contribution in [0.1, 0.15) is 15.9 Å². The lowest BCUT2D eigenvalue weighted by atomic mass is 10.1. The van der Waals surface area contributed by atoms with Gasteiger partial charge in [-0.3, -0.25) is 4.79 Å². The fourth-order valence-electron chi connectivity index (χ4n) is 1.26.